The zero-order valence-corrected chi connectivity index (χ0v) is 11.7. The zero-order valence-electron chi connectivity index (χ0n) is 11.7. The molecule has 0 saturated heterocycles. The van der Waals surface area contributed by atoms with E-state index in [1.54, 1.807) is 21.3 Å². The molecule has 1 N–H and O–H groups in total. The van der Waals surface area contributed by atoms with E-state index in [0.717, 1.165) is 25.7 Å². The summed E-state index contributed by atoms with van der Waals surface area (Å²) in [6.45, 7) is 0. The van der Waals surface area contributed by atoms with Gasteiger partial charge >= 0.3 is 0 Å². The van der Waals surface area contributed by atoms with E-state index in [4.69, 9.17) is 14.2 Å². The van der Waals surface area contributed by atoms with Gasteiger partial charge in [0.1, 0.15) is 12.4 Å². The fourth-order valence-corrected chi connectivity index (χ4v) is 2.38. The molecule has 1 fully saturated rings. The lowest BCUT2D eigenvalue weighted by Gasteiger charge is -2.28. The molecule has 0 amide bonds. The Bertz CT molecular complexity index is 414. The minimum Gasteiger partial charge on any atom is -0.489 e. The predicted octanol–water partition coefficient (Wildman–Crippen LogP) is 1.86. The molecular formula is C13H21N3O3. The standard InChI is InChI=1S/C13H21N3O3/c1-14-12-11(18-3)13(16-8-15-12)19-10-6-4-5-9(7-10)17-2/h8-10H,4-7H2,1-3H3,(H,14,15,16). The smallest absolute Gasteiger partial charge is 0.262 e. The van der Waals surface area contributed by atoms with Crippen molar-refractivity contribution in [2.75, 3.05) is 26.6 Å². The van der Waals surface area contributed by atoms with Crippen LogP contribution in [0.5, 0.6) is 11.6 Å². The lowest BCUT2D eigenvalue weighted by molar-refractivity contribution is 0.0186. The maximum Gasteiger partial charge on any atom is 0.262 e. The minimum atomic E-state index is 0.118. The molecule has 0 radical (unpaired) electrons. The fourth-order valence-electron chi connectivity index (χ4n) is 2.38. The summed E-state index contributed by atoms with van der Waals surface area (Å²) >= 11 is 0. The van der Waals surface area contributed by atoms with Crippen molar-refractivity contribution in [2.45, 2.75) is 37.9 Å². The van der Waals surface area contributed by atoms with E-state index in [-0.39, 0.29) is 12.2 Å². The maximum absolute atomic E-state index is 5.96. The molecule has 0 bridgehead atoms. The highest BCUT2D eigenvalue weighted by molar-refractivity contribution is 5.54. The average Bonchev–Trinajstić information content (AvgIpc) is 2.47. The molecule has 1 heterocycles. The van der Waals surface area contributed by atoms with Gasteiger partial charge in [-0.25, -0.2) is 4.98 Å². The number of hydrogen-bond acceptors (Lipinski definition) is 6. The molecule has 1 aliphatic rings. The van der Waals surface area contributed by atoms with Crippen LogP contribution < -0.4 is 14.8 Å². The lowest BCUT2D eigenvalue weighted by atomic mass is 9.95. The second-order valence-electron chi connectivity index (χ2n) is 4.57. The Hall–Kier alpha value is -1.56. The first-order chi connectivity index (χ1) is 9.28. The second-order valence-corrected chi connectivity index (χ2v) is 4.57. The Balaban J connectivity index is 2.10. The molecule has 0 spiro atoms. The Labute approximate surface area is 113 Å². The third-order valence-electron chi connectivity index (χ3n) is 3.40. The topological polar surface area (TPSA) is 65.5 Å². The van der Waals surface area contributed by atoms with E-state index < -0.39 is 0 Å². The minimum absolute atomic E-state index is 0.118. The number of anilines is 1. The molecular weight excluding hydrogens is 246 g/mol. The molecule has 1 aromatic rings. The number of ether oxygens (including phenoxy) is 3. The molecule has 2 rings (SSSR count). The van der Waals surface area contributed by atoms with Crippen molar-refractivity contribution < 1.29 is 14.2 Å². The van der Waals surface area contributed by atoms with Gasteiger partial charge in [-0.1, -0.05) is 0 Å². The summed E-state index contributed by atoms with van der Waals surface area (Å²) in [6.07, 6.45) is 5.97. The van der Waals surface area contributed by atoms with Crippen LogP contribution in [0.2, 0.25) is 0 Å². The number of nitrogens with one attached hydrogen (secondary N) is 1. The summed E-state index contributed by atoms with van der Waals surface area (Å²) in [4.78, 5) is 8.26. The van der Waals surface area contributed by atoms with Gasteiger partial charge in [-0.15, -0.1) is 0 Å². The van der Waals surface area contributed by atoms with Crippen molar-refractivity contribution in [3.05, 3.63) is 6.33 Å². The van der Waals surface area contributed by atoms with Crippen LogP contribution in [0.1, 0.15) is 25.7 Å². The summed E-state index contributed by atoms with van der Waals surface area (Å²) in [5.74, 6) is 1.67. The highest BCUT2D eigenvalue weighted by atomic mass is 16.5. The van der Waals surface area contributed by atoms with Crippen molar-refractivity contribution in [2.24, 2.45) is 0 Å². The van der Waals surface area contributed by atoms with Crippen LogP contribution in [0.25, 0.3) is 0 Å². The van der Waals surface area contributed by atoms with Gasteiger partial charge in [0.2, 0.25) is 5.75 Å². The van der Waals surface area contributed by atoms with Crippen LogP contribution in [-0.4, -0.2) is 43.4 Å². The van der Waals surface area contributed by atoms with Gasteiger partial charge in [-0.05, 0) is 19.3 Å². The third-order valence-corrected chi connectivity index (χ3v) is 3.40. The number of aromatic nitrogens is 2. The summed E-state index contributed by atoms with van der Waals surface area (Å²) in [6, 6.07) is 0. The van der Waals surface area contributed by atoms with Crippen LogP contribution in [0.4, 0.5) is 5.82 Å². The van der Waals surface area contributed by atoms with Crippen LogP contribution in [-0.2, 0) is 4.74 Å². The van der Waals surface area contributed by atoms with E-state index in [0.29, 0.717) is 17.4 Å². The van der Waals surface area contributed by atoms with Gasteiger partial charge in [0, 0.05) is 20.6 Å². The van der Waals surface area contributed by atoms with Crippen molar-refractivity contribution in [3.63, 3.8) is 0 Å². The average molecular weight is 267 g/mol. The number of rotatable bonds is 5. The van der Waals surface area contributed by atoms with Crippen LogP contribution in [0, 0.1) is 0 Å². The largest absolute Gasteiger partial charge is 0.489 e. The molecule has 6 heteroatoms. The predicted molar refractivity (Wildman–Crippen MR) is 71.8 cm³/mol. The van der Waals surface area contributed by atoms with Crippen molar-refractivity contribution in [1.82, 2.24) is 9.97 Å². The normalized spacial score (nSPS) is 22.9. The molecule has 1 aliphatic carbocycles. The number of nitrogens with zero attached hydrogens (tertiary/aromatic N) is 2. The first kappa shape index (κ1) is 13.9. The van der Waals surface area contributed by atoms with Gasteiger partial charge in [0.05, 0.1) is 13.2 Å². The van der Waals surface area contributed by atoms with E-state index in [2.05, 4.69) is 15.3 Å². The summed E-state index contributed by atoms with van der Waals surface area (Å²) in [7, 11) is 5.12. The number of methoxy groups -OCH3 is 2. The highest BCUT2D eigenvalue weighted by Crippen LogP contribution is 2.33. The molecule has 0 aliphatic heterocycles. The van der Waals surface area contributed by atoms with Gasteiger partial charge < -0.3 is 19.5 Å². The molecule has 1 saturated carbocycles. The van der Waals surface area contributed by atoms with E-state index >= 15 is 0 Å². The highest BCUT2D eigenvalue weighted by Gasteiger charge is 2.25. The first-order valence-electron chi connectivity index (χ1n) is 6.54. The molecule has 2 unspecified atom stereocenters. The zero-order chi connectivity index (χ0) is 13.7. The third kappa shape index (κ3) is 3.26. The molecule has 0 aromatic carbocycles. The first-order valence-corrected chi connectivity index (χ1v) is 6.54. The Kier molecular flexibility index (Phi) is 4.79. The Morgan fingerprint density at radius 2 is 2.00 bits per heavy atom. The van der Waals surface area contributed by atoms with Crippen molar-refractivity contribution in [3.8, 4) is 11.6 Å². The second kappa shape index (κ2) is 6.56. The van der Waals surface area contributed by atoms with Crippen LogP contribution in [0.3, 0.4) is 0 Å². The van der Waals surface area contributed by atoms with E-state index in [1.807, 2.05) is 0 Å². The monoisotopic (exact) mass is 267 g/mol. The molecule has 6 nitrogen and oxygen atoms in total. The van der Waals surface area contributed by atoms with Gasteiger partial charge in [0.15, 0.2) is 5.82 Å². The van der Waals surface area contributed by atoms with Crippen molar-refractivity contribution >= 4 is 5.82 Å². The molecule has 19 heavy (non-hydrogen) atoms. The summed E-state index contributed by atoms with van der Waals surface area (Å²) < 4.78 is 16.7. The van der Waals surface area contributed by atoms with Gasteiger partial charge in [0.25, 0.3) is 5.88 Å². The maximum atomic E-state index is 5.96. The fraction of sp³-hybridized carbons (Fsp3) is 0.692. The Morgan fingerprint density at radius 1 is 1.21 bits per heavy atom. The summed E-state index contributed by atoms with van der Waals surface area (Å²) in [5.41, 5.74) is 0. The molecule has 1 aromatic heterocycles. The Morgan fingerprint density at radius 3 is 2.68 bits per heavy atom. The van der Waals surface area contributed by atoms with Crippen LogP contribution in [0.15, 0.2) is 6.33 Å². The van der Waals surface area contributed by atoms with Gasteiger partial charge in [-0.2, -0.15) is 4.98 Å². The van der Waals surface area contributed by atoms with Crippen molar-refractivity contribution in [1.29, 1.82) is 0 Å². The quantitative estimate of drug-likeness (QED) is 0.878. The SMILES string of the molecule is CNc1ncnc(OC2CCCC(OC)C2)c1OC. The summed E-state index contributed by atoms with van der Waals surface area (Å²) in [5, 5.41) is 2.96. The molecule has 106 valence electrons. The lowest BCUT2D eigenvalue weighted by Crippen LogP contribution is -2.29. The van der Waals surface area contributed by atoms with E-state index in [9.17, 15) is 0 Å². The van der Waals surface area contributed by atoms with Gasteiger partial charge in [-0.3, -0.25) is 0 Å². The number of hydrogen-bond donors (Lipinski definition) is 1. The van der Waals surface area contributed by atoms with Crippen LogP contribution >= 0.6 is 0 Å². The van der Waals surface area contributed by atoms with E-state index in [1.165, 1.54) is 6.33 Å². The molecule has 2 atom stereocenters.